The molecule has 0 saturated carbocycles. The minimum Gasteiger partial charge on any atom is -0.388 e. The molecule has 1 rings (SSSR count). The molecule has 19 heavy (non-hydrogen) atoms. The van der Waals surface area contributed by atoms with Crippen LogP contribution in [0.25, 0.3) is 0 Å². The van der Waals surface area contributed by atoms with Crippen LogP contribution < -0.4 is 5.32 Å². The molecule has 0 aliphatic rings. The number of nitrogens with one attached hydrogen (secondary N) is 1. The Labute approximate surface area is 116 Å². The van der Waals surface area contributed by atoms with E-state index >= 15 is 0 Å². The number of hydrogen-bond donors (Lipinski definition) is 2. The Morgan fingerprint density at radius 3 is 2.47 bits per heavy atom. The van der Waals surface area contributed by atoms with Crippen LogP contribution >= 0.6 is 0 Å². The van der Waals surface area contributed by atoms with E-state index in [0.29, 0.717) is 18.9 Å². The number of hydrogen-bond acceptors (Lipinski definition) is 2. The molecule has 1 amide bonds. The third-order valence-electron chi connectivity index (χ3n) is 3.81. The predicted molar refractivity (Wildman–Crippen MR) is 77.6 cm³/mol. The van der Waals surface area contributed by atoms with Gasteiger partial charge in [-0.05, 0) is 17.9 Å². The topological polar surface area (TPSA) is 49.3 Å². The molecule has 0 fully saturated rings. The second-order valence-electron chi connectivity index (χ2n) is 5.18. The molecule has 3 nitrogen and oxygen atoms in total. The first-order valence-corrected chi connectivity index (χ1v) is 7.07. The highest BCUT2D eigenvalue weighted by molar-refractivity contribution is 5.78. The van der Waals surface area contributed by atoms with Crippen LogP contribution in [0.5, 0.6) is 0 Å². The van der Waals surface area contributed by atoms with E-state index in [2.05, 4.69) is 19.2 Å². The zero-order valence-electron chi connectivity index (χ0n) is 12.1. The second kappa shape index (κ2) is 7.95. The fraction of sp³-hybridized carbons (Fsp3) is 0.562. The summed E-state index contributed by atoms with van der Waals surface area (Å²) in [6, 6.07) is 9.53. The quantitative estimate of drug-likeness (QED) is 0.794. The van der Waals surface area contributed by atoms with Gasteiger partial charge in [-0.3, -0.25) is 4.79 Å². The van der Waals surface area contributed by atoms with Gasteiger partial charge in [0.25, 0.3) is 0 Å². The van der Waals surface area contributed by atoms with Gasteiger partial charge in [0.05, 0.1) is 6.10 Å². The summed E-state index contributed by atoms with van der Waals surface area (Å²) in [6.07, 6.45) is 1.03. The van der Waals surface area contributed by atoms with Crippen molar-refractivity contribution in [2.24, 2.45) is 11.8 Å². The molecule has 3 heteroatoms. The van der Waals surface area contributed by atoms with Gasteiger partial charge in [-0.25, -0.2) is 0 Å². The maximum absolute atomic E-state index is 11.9. The van der Waals surface area contributed by atoms with Gasteiger partial charge in [0, 0.05) is 12.5 Å². The van der Waals surface area contributed by atoms with Crippen molar-refractivity contribution in [3.63, 3.8) is 0 Å². The summed E-state index contributed by atoms with van der Waals surface area (Å²) in [4.78, 5) is 11.9. The average Bonchev–Trinajstić information content (AvgIpc) is 2.46. The van der Waals surface area contributed by atoms with Crippen LogP contribution in [0, 0.1) is 11.8 Å². The van der Waals surface area contributed by atoms with Crippen molar-refractivity contribution in [3.05, 3.63) is 35.9 Å². The van der Waals surface area contributed by atoms with Crippen LogP contribution in [0.4, 0.5) is 0 Å². The summed E-state index contributed by atoms with van der Waals surface area (Å²) >= 11 is 0. The number of benzene rings is 1. The van der Waals surface area contributed by atoms with Crippen LogP contribution in [-0.2, 0) is 4.79 Å². The minimum atomic E-state index is -0.514. The number of aliphatic hydroxyl groups is 1. The fourth-order valence-corrected chi connectivity index (χ4v) is 1.95. The molecule has 3 unspecified atom stereocenters. The highest BCUT2D eigenvalue weighted by atomic mass is 16.3. The first-order chi connectivity index (χ1) is 9.06. The molecule has 0 spiro atoms. The zero-order chi connectivity index (χ0) is 14.3. The first kappa shape index (κ1) is 15.7. The van der Waals surface area contributed by atoms with Gasteiger partial charge < -0.3 is 10.4 Å². The Hall–Kier alpha value is -1.35. The summed E-state index contributed by atoms with van der Waals surface area (Å²) in [5.41, 5.74) is 0.895. The first-order valence-electron chi connectivity index (χ1n) is 7.07. The summed E-state index contributed by atoms with van der Waals surface area (Å²) in [7, 11) is 0. The van der Waals surface area contributed by atoms with Gasteiger partial charge in [0.15, 0.2) is 0 Å². The molecule has 106 valence electrons. The molecule has 1 aromatic rings. The molecule has 0 radical (unpaired) electrons. The minimum absolute atomic E-state index is 0.0267. The van der Waals surface area contributed by atoms with Crippen molar-refractivity contribution in [1.82, 2.24) is 5.32 Å². The van der Waals surface area contributed by atoms with Crippen molar-refractivity contribution >= 4 is 5.91 Å². The molecule has 0 aliphatic carbocycles. The zero-order valence-corrected chi connectivity index (χ0v) is 12.1. The van der Waals surface area contributed by atoms with Crippen LogP contribution in [0.1, 0.15) is 45.3 Å². The van der Waals surface area contributed by atoms with Crippen LogP contribution in [0.2, 0.25) is 0 Å². The smallest absolute Gasteiger partial charge is 0.223 e. The molecule has 2 N–H and O–H groups in total. The van der Waals surface area contributed by atoms with E-state index in [9.17, 15) is 9.90 Å². The third kappa shape index (κ3) is 5.03. The van der Waals surface area contributed by atoms with E-state index < -0.39 is 6.10 Å². The highest BCUT2D eigenvalue weighted by Gasteiger charge is 2.18. The Bertz CT molecular complexity index is 378. The summed E-state index contributed by atoms with van der Waals surface area (Å²) < 4.78 is 0. The largest absolute Gasteiger partial charge is 0.388 e. The van der Waals surface area contributed by atoms with E-state index in [1.54, 1.807) is 0 Å². The lowest BCUT2D eigenvalue weighted by Crippen LogP contribution is -2.33. The second-order valence-corrected chi connectivity index (χ2v) is 5.18. The molecular weight excluding hydrogens is 238 g/mol. The molecule has 0 aliphatic heterocycles. The van der Waals surface area contributed by atoms with E-state index in [4.69, 9.17) is 0 Å². The number of carbonyl (C=O) groups excluding carboxylic acids is 1. The van der Waals surface area contributed by atoms with E-state index in [0.717, 1.165) is 12.0 Å². The van der Waals surface area contributed by atoms with E-state index in [-0.39, 0.29) is 11.8 Å². The maximum Gasteiger partial charge on any atom is 0.223 e. The van der Waals surface area contributed by atoms with Crippen molar-refractivity contribution in [2.45, 2.75) is 39.7 Å². The standard InChI is InChI=1S/C16H25NO2/c1-4-12(2)13(3)16(19)17-11-10-15(18)14-8-6-5-7-9-14/h5-9,12-13,15,18H,4,10-11H2,1-3H3,(H,17,19). The van der Waals surface area contributed by atoms with Gasteiger partial charge in [-0.15, -0.1) is 0 Å². The molecule has 0 saturated heterocycles. The number of rotatable bonds is 7. The Morgan fingerprint density at radius 1 is 1.26 bits per heavy atom. The van der Waals surface area contributed by atoms with Crippen molar-refractivity contribution in [1.29, 1.82) is 0 Å². The summed E-state index contributed by atoms with van der Waals surface area (Å²) in [6.45, 7) is 6.64. The third-order valence-corrected chi connectivity index (χ3v) is 3.81. The van der Waals surface area contributed by atoms with Gasteiger partial charge in [-0.1, -0.05) is 57.5 Å². The monoisotopic (exact) mass is 263 g/mol. The molecule has 0 aromatic heterocycles. The molecule has 1 aromatic carbocycles. The fourth-order valence-electron chi connectivity index (χ4n) is 1.95. The average molecular weight is 263 g/mol. The molecule has 0 bridgehead atoms. The molecule has 3 atom stereocenters. The lowest BCUT2D eigenvalue weighted by atomic mass is 9.93. The summed E-state index contributed by atoms with van der Waals surface area (Å²) in [5, 5.41) is 12.9. The lowest BCUT2D eigenvalue weighted by Gasteiger charge is -2.18. The van der Waals surface area contributed by atoms with E-state index in [1.165, 1.54) is 0 Å². The number of carbonyl (C=O) groups is 1. The van der Waals surface area contributed by atoms with Gasteiger partial charge in [-0.2, -0.15) is 0 Å². The van der Waals surface area contributed by atoms with Crippen molar-refractivity contribution in [3.8, 4) is 0 Å². The molecule has 0 heterocycles. The van der Waals surface area contributed by atoms with Gasteiger partial charge in [0.2, 0.25) is 5.91 Å². The summed E-state index contributed by atoms with van der Waals surface area (Å²) in [5.74, 6) is 0.493. The van der Waals surface area contributed by atoms with E-state index in [1.807, 2.05) is 37.3 Å². The van der Waals surface area contributed by atoms with Crippen molar-refractivity contribution < 1.29 is 9.90 Å². The lowest BCUT2D eigenvalue weighted by molar-refractivity contribution is -0.126. The highest BCUT2D eigenvalue weighted by Crippen LogP contribution is 2.16. The SMILES string of the molecule is CCC(C)C(C)C(=O)NCCC(O)c1ccccc1. The Kier molecular flexibility index (Phi) is 6.57. The van der Waals surface area contributed by atoms with Crippen molar-refractivity contribution in [2.75, 3.05) is 6.54 Å². The predicted octanol–water partition coefficient (Wildman–Crippen LogP) is 2.91. The Balaban J connectivity index is 2.32. The number of amides is 1. The molecular formula is C16H25NO2. The Morgan fingerprint density at radius 2 is 1.89 bits per heavy atom. The van der Waals surface area contributed by atoms with Crippen LogP contribution in [0.3, 0.4) is 0 Å². The number of aliphatic hydroxyl groups excluding tert-OH is 1. The van der Waals surface area contributed by atoms with Crippen LogP contribution in [-0.4, -0.2) is 17.6 Å². The normalized spacial score (nSPS) is 15.6. The van der Waals surface area contributed by atoms with Gasteiger partial charge in [0.1, 0.15) is 0 Å². The van der Waals surface area contributed by atoms with Crippen LogP contribution in [0.15, 0.2) is 30.3 Å². The maximum atomic E-state index is 11.9. The van der Waals surface area contributed by atoms with Gasteiger partial charge >= 0.3 is 0 Å².